The number of hydrogen-bond acceptors (Lipinski definition) is 3. The molecule has 1 N–H and O–H groups in total. The number of para-hydroxylation sites is 2. The van der Waals surface area contributed by atoms with Gasteiger partial charge in [-0.3, -0.25) is 9.55 Å². The maximum absolute atomic E-state index is 11.6. The van der Waals surface area contributed by atoms with Gasteiger partial charge in [0.15, 0.2) is 0 Å². The molecule has 0 aliphatic heterocycles. The average Bonchev–Trinajstić information content (AvgIpc) is 3.67. The van der Waals surface area contributed by atoms with Gasteiger partial charge in [-0.25, -0.2) is 4.98 Å². The number of fused-ring (bicyclic) bond motifs is 1. The SMILES string of the molecule is CC(C)(C)c1ccc(-c2ccnc(-c3[c-]c(-c4cccc5c4nc(-c4ccccc4O)n5-c4c(-c5ccccc5)cc(C(C)(C)C)cc4-c4ccccc4)cc(C(C)(C)C)c3)c2)cc1.[Pt]. The summed E-state index contributed by atoms with van der Waals surface area (Å²) in [6.45, 7) is 20.3. The normalized spacial score (nSPS) is 12.0. The molecule has 0 saturated carbocycles. The van der Waals surface area contributed by atoms with Crippen molar-refractivity contribution >= 4 is 11.0 Å². The van der Waals surface area contributed by atoms with E-state index in [1.807, 2.05) is 24.4 Å². The van der Waals surface area contributed by atoms with Gasteiger partial charge in [0, 0.05) is 44.1 Å². The second-order valence-electron chi connectivity index (χ2n) is 20.1. The molecule has 0 spiro atoms. The molecule has 0 saturated heterocycles. The molecular weight excluding hydrogens is 974 g/mol. The van der Waals surface area contributed by atoms with Gasteiger partial charge in [-0.05, 0) is 86.0 Å². The molecule has 0 aliphatic carbocycles. The first kappa shape index (κ1) is 45.2. The molecule has 4 nitrogen and oxygen atoms in total. The minimum Gasteiger partial charge on any atom is -0.507 e. The van der Waals surface area contributed by atoms with Crippen LogP contribution >= 0.6 is 0 Å². The summed E-state index contributed by atoms with van der Waals surface area (Å²) in [6, 6.07) is 61.4. The van der Waals surface area contributed by atoms with E-state index < -0.39 is 0 Å². The molecule has 2 heterocycles. The van der Waals surface area contributed by atoms with Crippen LogP contribution in [0.25, 0.3) is 83.9 Å². The molecule has 0 amide bonds. The molecule has 0 aliphatic rings. The Morgan fingerprint density at radius 2 is 1.00 bits per heavy atom. The third kappa shape index (κ3) is 9.02. The predicted molar refractivity (Wildman–Crippen MR) is 268 cm³/mol. The zero-order valence-corrected chi connectivity index (χ0v) is 41.0. The van der Waals surface area contributed by atoms with E-state index in [-0.39, 0.29) is 43.1 Å². The molecule has 5 heteroatoms. The zero-order chi connectivity index (χ0) is 45.0. The Hall–Kier alpha value is -6.35. The first-order valence-electron chi connectivity index (χ1n) is 22.3. The van der Waals surface area contributed by atoms with Gasteiger partial charge in [0.05, 0.1) is 22.3 Å². The van der Waals surface area contributed by atoms with Gasteiger partial charge >= 0.3 is 0 Å². The third-order valence-electron chi connectivity index (χ3n) is 12.3. The quantitative estimate of drug-likeness (QED) is 0.162. The maximum Gasteiger partial charge on any atom is 0.148 e. The molecule has 0 unspecified atom stereocenters. The molecular formula is C60H56N3OPt-. The number of rotatable bonds is 7. The smallest absolute Gasteiger partial charge is 0.148 e. The maximum atomic E-state index is 11.6. The van der Waals surface area contributed by atoms with E-state index in [2.05, 4.69) is 212 Å². The number of nitrogens with zero attached hydrogens (tertiary/aromatic N) is 3. The van der Waals surface area contributed by atoms with Crippen molar-refractivity contribution in [2.45, 2.75) is 78.6 Å². The summed E-state index contributed by atoms with van der Waals surface area (Å²) in [5.41, 5.74) is 17.1. The van der Waals surface area contributed by atoms with Gasteiger partial charge in [0.2, 0.25) is 0 Å². The molecule has 0 atom stereocenters. The number of phenols is 1. The van der Waals surface area contributed by atoms with Gasteiger partial charge in [-0.15, -0.1) is 29.3 Å². The second-order valence-corrected chi connectivity index (χ2v) is 20.1. The Morgan fingerprint density at radius 1 is 0.462 bits per heavy atom. The Morgan fingerprint density at radius 3 is 1.58 bits per heavy atom. The molecule has 7 aromatic carbocycles. The molecule has 9 rings (SSSR count). The summed E-state index contributed by atoms with van der Waals surface area (Å²) >= 11 is 0. The Bertz CT molecular complexity index is 3080. The number of benzene rings is 7. The average molecular weight is 1030 g/mol. The van der Waals surface area contributed by atoms with Crippen LogP contribution in [-0.2, 0) is 37.3 Å². The summed E-state index contributed by atoms with van der Waals surface area (Å²) in [5.74, 6) is 0.814. The number of hydrogen-bond donors (Lipinski definition) is 1. The van der Waals surface area contributed by atoms with E-state index in [1.54, 1.807) is 6.07 Å². The number of imidazole rings is 1. The molecule has 9 aromatic rings. The Kier molecular flexibility index (Phi) is 12.2. The van der Waals surface area contributed by atoms with Crippen molar-refractivity contribution in [3.8, 4) is 78.6 Å². The van der Waals surface area contributed by atoms with Crippen LogP contribution in [0, 0.1) is 6.07 Å². The molecule has 2 aromatic heterocycles. The molecule has 0 bridgehead atoms. The van der Waals surface area contributed by atoms with Gasteiger partial charge in [0.25, 0.3) is 0 Å². The Labute approximate surface area is 399 Å². The van der Waals surface area contributed by atoms with E-state index in [9.17, 15) is 5.11 Å². The van der Waals surface area contributed by atoms with E-state index in [0.717, 1.165) is 72.5 Å². The van der Waals surface area contributed by atoms with Gasteiger partial charge < -0.3 is 5.11 Å². The van der Waals surface area contributed by atoms with Crippen LogP contribution in [0.5, 0.6) is 5.75 Å². The van der Waals surface area contributed by atoms with Crippen molar-refractivity contribution < 1.29 is 26.2 Å². The number of phenolic OH excluding ortho intramolecular Hbond substituents is 1. The monoisotopic (exact) mass is 1030 g/mol. The summed E-state index contributed by atoms with van der Waals surface area (Å²) in [5, 5.41) is 11.6. The van der Waals surface area contributed by atoms with Crippen LogP contribution < -0.4 is 0 Å². The summed E-state index contributed by atoms with van der Waals surface area (Å²) in [6.07, 6.45) is 1.90. The Balaban J connectivity index is 0.00000576. The van der Waals surface area contributed by atoms with E-state index in [4.69, 9.17) is 9.97 Å². The minimum absolute atomic E-state index is 0. The largest absolute Gasteiger partial charge is 0.507 e. The van der Waals surface area contributed by atoms with Crippen molar-refractivity contribution in [2.75, 3.05) is 0 Å². The van der Waals surface area contributed by atoms with Gasteiger partial charge in [0.1, 0.15) is 11.6 Å². The van der Waals surface area contributed by atoms with Crippen LogP contribution in [0.3, 0.4) is 0 Å². The molecule has 328 valence electrons. The molecule has 0 fully saturated rings. The number of aromatic hydroxyl groups is 1. The van der Waals surface area contributed by atoms with Crippen LogP contribution in [0.15, 0.2) is 170 Å². The number of aromatic nitrogens is 3. The third-order valence-corrected chi connectivity index (χ3v) is 12.3. The molecule has 0 radical (unpaired) electrons. The summed E-state index contributed by atoms with van der Waals surface area (Å²) < 4.78 is 2.27. The topological polar surface area (TPSA) is 50.9 Å². The van der Waals surface area contributed by atoms with E-state index in [0.29, 0.717) is 11.4 Å². The molecule has 65 heavy (non-hydrogen) atoms. The standard InChI is InChI=1S/C60H56N3O.Pt/c1-58(2,3)45-29-27-39(28-30-45)42-31-32-61-52(36-42)44-33-43(34-46(35-44)59(4,5)6)48-24-18-25-53-55(48)62-57(49-23-16-17-26-54(49)64)63(53)56-50(40-19-12-10-13-20-40)37-47(60(7,8)9)38-51(56)41-21-14-11-15-22-41;/h10-32,34-38,64H,1-9H3;/q-1;. The van der Waals surface area contributed by atoms with Crippen molar-refractivity contribution in [1.29, 1.82) is 0 Å². The fourth-order valence-electron chi connectivity index (χ4n) is 8.58. The van der Waals surface area contributed by atoms with Gasteiger partial charge in [-0.2, -0.15) is 0 Å². The van der Waals surface area contributed by atoms with Gasteiger partial charge in [-0.1, -0.05) is 189 Å². The zero-order valence-electron chi connectivity index (χ0n) is 38.8. The first-order chi connectivity index (χ1) is 30.5. The van der Waals surface area contributed by atoms with Crippen LogP contribution in [0.4, 0.5) is 0 Å². The van der Waals surface area contributed by atoms with Crippen molar-refractivity contribution in [3.63, 3.8) is 0 Å². The minimum atomic E-state index is -0.169. The number of pyridine rings is 1. The first-order valence-corrected chi connectivity index (χ1v) is 22.3. The van der Waals surface area contributed by atoms with Crippen molar-refractivity contribution in [3.05, 3.63) is 193 Å². The summed E-state index contributed by atoms with van der Waals surface area (Å²) in [7, 11) is 0. The summed E-state index contributed by atoms with van der Waals surface area (Å²) in [4.78, 5) is 10.5. The fourth-order valence-corrected chi connectivity index (χ4v) is 8.58. The van der Waals surface area contributed by atoms with Crippen molar-refractivity contribution in [2.24, 2.45) is 0 Å². The van der Waals surface area contributed by atoms with Crippen molar-refractivity contribution in [1.82, 2.24) is 14.5 Å². The van der Waals surface area contributed by atoms with Crippen LogP contribution in [-0.4, -0.2) is 19.6 Å². The van der Waals surface area contributed by atoms with Crippen LogP contribution in [0.1, 0.15) is 79.0 Å². The van der Waals surface area contributed by atoms with E-state index >= 15 is 0 Å². The second kappa shape index (κ2) is 17.6. The van der Waals surface area contributed by atoms with Crippen LogP contribution in [0.2, 0.25) is 0 Å². The predicted octanol–water partition coefficient (Wildman–Crippen LogP) is 15.8. The van der Waals surface area contributed by atoms with E-state index in [1.165, 1.54) is 16.7 Å². The fraction of sp³-hybridized carbons (Fsp3) is 0.200.